The lowest BCUT2D eigenvalue weighted by molar-refractivity contribution is -0.142. The van der Waals surface area contributed by atoms with Gasteiger partial charge in [-0.1, -0.05) is 11.6 Å². The van der Waals surface area contributed by atoms with E-state index < -0.39 is 5.97 Å². The first-order chi connectivity index (χ1) is 11.0. The number of carboxylic acid groups (broad SMARTS) is 1. The number of methoxy groups -OCH3 is 1. The predicted molar refractivity (Wildman–Crippen MR) is 90.4 cm³/mol. The summed E-state index contributed by atoms with van der Waals surface area (Å²) in [6.45, 7) is 2.45. The molecule has 2 N–H and O–H groups in total. The summed E-state index contributed by atoms with van der Waals surface area (Å²) < 4.78 is 11.0. The standard InChI is InChI=1S/C17H24ClNO4/c1-11(10-22-2)23-16-8-5-13(18)9-15(16)19-14-6-3-12(4-7-14)17(20)21/h5,8-9,11-12,14,19H,3-4,6-7,10H2,1-2H3,(H,20,21). The molecule has 0 amide bonds. The largest absolute Gasteiger partial charge is 0.486 e. The summed E-state index contributed by atoms with van der Waals surface area (Å²) in [5, 5.41) is 13.2. The Morgan fingerprint density at radius 1 is 1.39 bits per heavy atom. The van der Waals surface area contributed by atoms with Gasteiger partial charge in [-0.2, -0.15) is 0 Å². The Bertz CT molecular complexity index is 529. The van der Waals surface area contributed by atoms with Crippen molar-refractivity contribution >= 4 is 23.3 Å². The fourth-order valence-corrected chi connectivity index (χ4v) is 3.08. The molecule has 0 radical (unpaired) electrons. The van der Waals surface area contributed by atoms with Crippen LogP contribution in [0.25, 0.3) is 0 Å². The maximum atomic E-state index is 11.0. The van der Waals surface area contributed by atoms with Crippen molar-refractivity contribution in [2.24, 2.45) is 5.92 Å². The Morgan fingerprint density at radius 2 is 2.09 bits per heavy atom. The molecule has 1 aromatic carbocycles. The molecule has 23 heavy (non-hydrogen) atoms. The number of hydrogen-bond donors (Lipinski definition) is 2. The van der Waals surface area contributed by atoms with Crippen LogP contribution in [0.3, 0.4) is 0 Å². The van der Waals surface area contributed by atoms with E-state index in [0.717, 1.165) is 24.3 Å². The van der Waals surface area contributed by atoms with Gasteiger partial charge in [-0.05, 0) is 50.8 Å². The third-order valence-electron chi connectivity index (χ3n) is 4.11. The number of carbonyl (C=O) groups is 1. The lowest BCUT2D eigenvalue weighted by Gasteiger charge is -2.28. The molecule has 5 nitrogen and oxygen atoms in total. The van der Waals surface area contributed by atoms with Crippen molar-refractivity contribution in [3.8, 4) is 5.75 Å². The van der Waals surface area contributed by atoms with Crippen molar-refractivity contribution in [1.82, 2.24) is 0 Å². The van der Waals surface area contributed by atoms with Crippen molar-refractivity contribution < 1.29 is 19.4 Å². The molecule has 1 aromatic rings. The number of anilines is 1. The molecule has 1 fully saturated rings. The molecule has 0 bridgehead atoms. The van der Waals surface area contributed by atoms with Crippen molar-refractivity contribution in [1.29, 1.82) is 0 Å². The average Bonchev–Trinajstić information content (AvgIpc) is 2.51. The summed E-state index contributed by atoms with van der Waals surface area (Å²) in [4.78, 5) is 11.0. The molecule has 1 unspecified atom stereocenters. The van der Waals surface area contributed by atoms with Gasteiger partial charge in [-0.3, -0.25) is 4.79 Å². The second kappa shape index (κ2) is 8.41. The molecule has 1 atom stereocenters. The molecular weight excluding hydrogens is 318 g/mol. The SMILES string of the molecule is COCC(C)Oc1ccc(Cl)cc1NC1CCC(C(=O)O)CC1. The van der Waals surface area contributed by atoms with Crippen molar-refractivity contribution in [3.63, 3.8) is 0 Å². The van der Waals surface area contributed by atoms with Crippen LogP contribution in [0.2, 0.25) is 5.02 Å². The molecule has 6 heteroatoms. The van der Waals surface area contributed by atoms with E-state index >= 15 is 0 Å². The van der Waals surface area contributed by atoms with Crippen LogP contribution in [0.1, 0.15) is 32.6 Å². The highest BCUT2D eigenvalue weighted by molar-refractivity contribution is 6.30. The van der Waals surface area contributed by atoms with E-state index in [4.69, 9.17) is 26.2 Å². The molecule has 0 aromatic heterocycles. The van der Waals surface area contributed by atoms with Crippen molar-refractivity contribution in [3.05, 3.63) is 23.2 Å². The quantitative estimate of drug-likeness (QED) is 0.789. The van der Waals surface area contributed by atoms with E-state index in [-0.39, 0.29) is 18.1 Å². The van der Waals surface area contributed by atoms with Crippen molar-refractivity contribution in [2.45, 2.75) is 44.8 Å². The molecule has 2 rings (SSSR count). The van der Waals surface area contributed by atoms with Crippen LogP contribution in [0.15, 0.2) is 18.2 Å². The van der Waals surface area contributed by atoms with E-state index in [1.807, 2.05) is 19.1 Å². The summed E-state index contributed by atoms with van der Waals surface area (Å²) in [6, 6.07) is 5.73. The smallest absolute Gasteiger partial charge is 0.306 e. The second-order valence-corrected chi connectivity index (χ2v) is 6.49. The van der Waals surface area contributed by atoms with Gasteiger partial charge >= 0.3 is 5.97 Å². The Morgan fingerprint density at radius 3 is 2.70 bits per heavy atom. The normalized spacial score (nSPS) is 22.4. The minimum atomic E-state index is -0.691. The van der Waals surface area contributed by atoms with Crippen LogP contribution in [-0.4, -0.2) is 36.9 Å². The minimum Gasteiger partial charge on any atom is -0.486 e. The number of rotatable bonds is 7. The number of halogens is 1. The fourth-order valence-electron chi connectivity index (χ4n) is 2.91. The van der Waals surface area contributed by atoms with Gasteiger partial charge in [0.05, 0.1) is 18.2 Å². The summed E-state index contributed by atoms with van der Waals surface area (Å²) in [5.41, 5.74) is 0.847. The Hall–Kier alpha value is -1.46. The minimum absolute atomic E-state index is 0.0653. The maximum absolute atomic E-state index is 11.0. The first-order valence-electron chi connectivity index (χ1n) is 7.94. The third kappa shape index (κ3) is 5.29. The zero-order valence-electron chi connectivity index (χ0n) is 13.5. The maximum Gasteiger partial charge on any atom is 0.306 e. The van der Waals surface area contributed by atoms with E-state index in [1.54, 1.807) is 13.2 Å². The molecule has 0 spiro atoms. The van der Waals surface area contributed by atoms with Crippen LogP contribution < -0.4 is 10.1 Å². The van der Waals surface area contributed by atoms with Crippen LogP contribution in [0, 0.1) is 5.92 Å². The van der Waals surface area contributed by atoms with Crippen LogP contribution >= 0.6 is 11.6 Å². The Kier molecular flexibility index (Phi) is 6.54. The monoisotopic (exact) mass is 341 g/mol. The number of carboxylic acids is 1. The second-order valence-electron chi connectivity index (χ2n) is 6.06. The van der Waals surface area contributed by atoms with Gasteiger partial charge in [0.25, 0.3) is 0 Å². The van der Waals surface area contributed by atoms with Gasteiger partial charge in [0.2, 0.25) is 0 Å². The van der Waals surface area contributed by atoms with Crippen molar-refractivity contribution in [2.75, 3.05) is 19.0 Å². The fraction of sp³-hybridized carbons (Fsp3) is 0.588. The molecule has 1 aliphatic carbocycles. The van der Waals surface area contributed by atoms with Crippen LogP contribution in [-0.2, 0) is 9.53 Å². The van der Waals surface area contributed by atoms with Crippen LogP contribution in [0.5, 0.6) is 5.75 Å². The molecule has 1 aliphatic rings. The van der Waals surface area contributed by atoms with Gasteiger partial charge in [-0.25, -0.2) is 0 Å². The zero-order valence-corrected chi connectivity index (χ0v) is 14.3. The summed E-state index contributed by atoms with van der Waals surface area (Å²) in [6.07, 6.45) is 2.99. The summed E-state index contributed by atoms with van der Waals surface area (Å²) >= 11 is 6.10. The summed E-state index contributed by atoms with van der Waals surface area (Å²) in [7, 11) is 1.64. The molecule has 0 heterocycles. The number of nitrogens with one attached hydrogen (secondary N) is 1. The third-order valence-corrected chi connectivity index (χ3v) is 4.34. The van der Waals surface area contributed by atoms with Gasteiger partial charge in [0, 0.05) is 18.2 Å². The average molecular weight is 342 g/mol. The lowest BCUT2D eigenvalue weighted by Crippen LogP contribution is -2.29. The Labute approximate surface area is 141 Å². The molecule has 0 aliphatic heterocycles. The van der Waals surface area contributed by atoms with Gasteiger partial charge < -0.3 is 19.9 Å². The van der Waals surface area contributed by atoms with E-state index in [2.05, 4.69) is 5.32 Å². The number of hydrogen-bond acceptors (Lipinski definition) is 4. The van der Waals surface area contributed by atoms with Gasteiger partial charge in [0.1, 0.15) is 11.9 Å². The van der Waals surface area contributed by atoms with Gasteiger partial charge in [-0.15, -0.1) is 0 Å². The first kappa shape index (κ1) is 17.9. The molecule has 128 valence electrons. The number of benzene rings is 1. The highest BCUT2D eigenvalue weighted by atomic mass is 35.5. The topological polar surface area (TPSA) is 67.8 Å². The summed E-state index contributed by atoms with van der Waals surface area (Å²) in [5.74, 6) is -0.173. The number of ether oxygens (including phenoxy) is 2. The van der Waals surface area contributed by atoms with E-state index in [1.165, 1.54) is 0 Å². The lowest BCUT2D eigenvalue weighted by atomic mass is 9.86. The number of aliphatic carboxylic acids is 1. The Balaban J connectivity index is 2.01. The highest BCUT2D eigenvalue weighted by Crippen LogP contribution is 2.33. The first-order valence-corrected chi connectivity index (χ1v) is 8.32. The predicted octanol–water partition coefficient (Wildman–Crippen LogP) is 3.81. The van der Waals surface area contributed by atoms with Gasteiger partial charge in [0.15, 0.2) is 0 Å². The highest BCUT2D eigenvalue weighted by Gasteiger charge is 2.26. The zero-order chi connectivity index (χ0) is 16.8. The molecule has 0 saturated heterocycles. The van der Waals surface area contributed by atoms with E-state index in [9.17, 15) is 4.79 Å². The van der Waals surface area contributed by atoms with Crippen LogP contribution in [0.4, 0.5) is 5.69 Å². The molecular formula is C17H24ClNO4. The van der Waals surface area contributed by atoms with E-state index in [0.29, 0.717) is 24.5 Å². The molecule has 1 saturated carbocycles.